The van der Waals surface area contributed by atoms with E-state index in [1.165, 1.54) is 225 Å². The van der Waals surface area contributed by atoms with Gasteiger partial charge in [0, 0.05) is 25.7 Å². The quantitative estimate of drug-likeness (QED) is 0.0222. The number of aliphatic hydroxyl groups is 1. The van der Waals surface area contributed by atoms with E-state index in [9.17, 15) is 43.2 Å². The van der Waals surface area contributed by atoms with Gasteiger partial charge in [0.05, 0.1) is 26.4 Å². The van der Waals surface area contributed by atoms with Gasteiger partial charge in [-0.25, -0.2) is 9.13 Å². The van der Waals surface area contributed by atoms with Crippen LogP contribution in [0.15, 0.2) is 0 Å². The number of phosphoric ester groups is 2. The van der Waals surface area contributed by atoms with Gasteiger partial charge in [-0.3, -0.25) is 37.3 Å². The molecule has 0 rings (SSSR count). The maximum Gasteiger partial charge on any atom is 0.472 e. The van der Waals surface area contributed by atoms with Gasteiger partial charge in [0.2, 0.25) is 0 Å². The summed E-state index contributed by atoms with van der Waals surface area (Å²) >= 11 is 0. The fourth-order valence-corrected chi connectivity index (χ4v) is 13.6. The number of rotatable bonds is 77. The Hall–Kier alpha value is -1.94. The van der Waals surface area contributed by atoms with Gasteiger partial charge in [-0.15, -0.1) is 0 Å². The first-order valence-corrected chi connectivity index (χ1v) is 43.5. The fraction of sp³-hybridized carbons (Fsp3) is 0.949. The zero-order valence-corrected chi connectivity index (χ0v) is 65.2. The molecule has 97 heavy (non-hydrogen) atoms. The van der Waals surface area contributed by atoms with Crippen LogP contribution in [0, 0.1) is 11.8 Å². The van der Waals surface area contributed by atoms with Crippen molar-refractivity contribution in [2.75, 3.05) is 39.6 Å². The topological polar surface area (TPSA) is 237 Å². The predicted octanol–water partition coefficient (Wildman–Crippen LogP) is 23.1. The Kier molecular flexibility index (Phi) is 68.4. The monoisotopic (exact) mass is 1420 g/mol. The first-order chi connectivity index (χ1) is 46.9. The van der Waals surface area contributed by atoms with E-state index in [1.807, 2.05) is 0 Å². The summed E-state index contributed by atoms with van der Waals surface area (Å²) in [6, 6.07) is 0. The average molecular weight is 1420 g/mol. The van der Waals surface area contributed by atoms with Crippen LogP contribution in [0.1, 0.15) is 408 Å². The van der Waals surface area contributed by atoms with Crippen molar-refractivity contribution < 1.29 is 80.2 Å². The molecule has 0 saturated carbocycles. The second-order valence-electron chi connectivity index (χ2n) is 29.1. The first-order valence-electron chi connectivity index (χ1n) is 40.5. The van der Waals surface area contributed by atoms with Gasteiger partial charge in [0.25, 0.3) is 0 Å². The van der Waals surface area contributed by atoms with Crippen molar-refractivity contribution in [3.8, 4) is 0 Å². The van der Waals surface area contributed by atoms with Gasteiger partial charge in [0.15, 0.2) is 12.2 Å². The maximum absolute atomic E-state index is 13.1. The minimum Gasteiger partial charge on any atom is -0.462 e. The highest BCUT2D eigenvalue weighted by Crippen LogP contribution is 2.45. The summed E-state index contributed by atoms with van der Waals surface area (Å²) in [6.45, 7) is 9.65. The molecule has 0 aromatic heterocycles. The second kappa shape index (κ2) is 69.8. The molecule has 0 aliphatic rings. The predicted molar refractivity (Wildman–Crippen MR) is 395 cm³/mol. The lowest BCUT2D eigenvalue weighted by Gasteiger charge is -2.21. The highest BCUT2D eigenvalue weighted by molar-refractivity contribution is 7.47. The molecule has 0 aromatic carbocycles. The van der Waals surface area contributed by atoms with E-state index >= 15 is 0 Å². The van der Waals surface area contributed by atoms with Crippen LogP contribution in [0.2, 0.25) is 0 Å². The number of hydrogen-bond acceptors (Lipinski definition) is 15. The zero-order valence-electron chi connectivity index (χ0n) is 63.4. The highest BCUT2D eigenvalue weighted by atomic mass is 31.2. The third kappa shape index (κ3) is 72.2. The fourth-order valence-electron chi connectivity index (χ4n) is 12.0. The molecule has 0 amide bonds. The number of aliphatic hydroxyl groups excluding tert-OH is 1. The highest BCUT2D eigenvalue weighted by Gasteiger charge is 2.30. The van der Waals surface area contributed by atoms with Crippen LogP contribution in [0.3, 0.4) is 0 Å². The van der Waals surface area contributed by atoms with E-state index in [2.05, 4.69) is 41.5 Å². The van der Waals surface area contributed by atoms with Gasteiger partial charge in [-0.2, -0.15) is 0 Å². The van der Waals surface area contributed by atoms with Gasteiger partial charge in [-0.1, -0.05) is 356 Å². The molecule has 0 spiro atoms. The molecule has 0 saturated heterocycles. The van der Waals surface area contributed by atoms with Gasteiger partial charge in [-0.05, 0) is 37.5 Å². The van der Waals surface area contributed by atoms with Crippen molar-refractivity contribution in [3.63, 3.8) is 0 Å². The summed E-state index contributed by atoms with van der Waals surface area (Å²) in [5, 5.41) is 10.6. The Morgan fingerprint density at radius 2 is 0.474 bits per heavy atom. The van der Waals surface area contributed by atoms with Crippen molar-refractivity contribution in [2.45, 2.75) is 426 Å². The van der Waals surface area contributed by atoms with Crippen molar-refractivity contribution in [1.29, 1.82) is 0 Å². The molecule has 0 aromatic rings. The SMILES string of the molecule is CCCCCCCCCCCCCCCC(=O)O[C@H](COC(=O)CCCCCCCCCCC)COP(=O)(O)OC[C@H](O)COP(=O)(O)OC[C@@H](COC(=O)CCCCCCCCCCCCCCCCC(C)C)OC(=O)CCCCCCCCCCCCCCCCCC(C)C. The Morgan fingerprint density at radius 3 is 0.701 bits per heavy atom. The van der Waals surface area contributed by atoms with Crippen molar-refractivity contribution in [1.82, 2.24) is 0 Å². The normalized spacial score (nSPS) is 14.0. The number of hydrogen-bond donors (Lipinski definition) is 3. The molecule has 19 heteroatoms. The molecular formula is C78H152O17P2. The number of unbranched alkanes of at least 4 members (excludes halogenated alkanes) is 47. The number of phosphoric acid groups is 2. The van der Waals surface area contributed by atoms with Crippen LogP contribution in [0.5, 0.6) is 0 Å². The maximum atomic E-state index is 13.1. The third-order valence-corrected chi connectivity index (χ3v) is 20.1. The molecule has 2 unspecified atom stereocenters. The Morgan fingerprint density at radius 1 is 0.278 bits per heavy atom. The van der Waals surface area contributed by atoms with Crippen LogP contribution < -0.4 is 0 Å². The van der Waals surface area contributed by atoms with E-state index < -0.39 is 97.5 Å². The number of carbonyl (C=O) groups is 4. The van der Waals surface area contributed by atoms with E-state index in [0.717, 1.165) is 102 Å². The minimum absolute atomic E-state index is 0.108. The smallest absolute Gasteiger partial charge is 0.462 e. The number of esters is 4. The van der Waals surface area contributed by atoms with Gasteiger partial charge in [0.1, 0.15) is 19.3 Å². The number of ether oxygens (including phenoxy) is 4. The Bertz CT molecular complexity index is 1870. The minimum atomic E-state index is -4.96. The largest absolute Gasteiger partial charge is 0.472 e. The van der Waals surface area contributed by atoms with Crippen LogP contribution in [0.25, 0.3) is 0 Å². The average Bonchev–Trinajstić information content (AvgIpc) is 1.17. The van der Waals surface area contributed by atoms with E-state index in [0.29, 0.717) is 25.7 Å². The lowest BCUT2D eigenvalue weighted by molar-refractivity contribution is -0.161. The van der Waals surface area contributed by atoms with Crippen molar-refractivity contribution >= 4 is 39.5 Å². The van der Waals surface area contributed by atoms with Crippen LogP contribution in [-0.4, -0.2) is 96.7 Å². The second-order valence-corrected chi connectivity index (χ2v) is 32.0. The van der Waals surface area contributed by atoms with E-state index in [-0.39, 0.29) is 25.7 Å². The first kappa shape index (κ1) is 95.1. The third-order valence-electron chi connectivity index (χ3n) is 18.2. The molecule has 5 atom stereocenters. The molecule has 17 nitrogen and oxygen atoms in total. The van der Waals surface area contributed by atoms with Crippen LogP contribution in [0.4, 0.5) is 0 Å². The standard InChI is InChI=1S/C78H152O17P2/c1-7-9-11-13-15-17-18-24-32-38-44-50-56-62-77(82)94-73(66-88-75(80)60-54-48-42-34-16-14-12-10-8-2)68-92-96(84,85)90-64-72(79)65-91-97(86,87)93-69-74(67-89-76(81)61-55-49-43-37-31-27-23-22-26-30-36-41-47-53-59-71(5)6)95-78(83)63-57-51-45-39-33-28-21-19-20-25-29-35-40-46-52-58-70(3)4/h70-74,79H,7-69H2,1-6H3,(H,84,85)(H,86,87)/t72-,73+,74+/m0/s1. The summed E-state index contributed by atoms with van der Waals surface area (Å²) in [4.78, 5) is 72.9. The zero-order chi connectivity index (χ0) is 71.4. The molecule has 0 aliphatic heterocycles. The van der Waals surface area contributed by atoms with Crippen LogP contribution >= 0.6 is 15.6 Å². The molecule has 576 valence electrons. The summed E-state index contributed by atoms with van der Waals surface area (Å²) in [5.74, 6) is -0.510. The molecule has 0 radical (unpaired) electrons. The summed E-state index contributed by atoms with van der Waals surface area (Å²) in [5.41, 5.74) is 0. The summed E-state index contributed by atoms with van der Waals surface area (Å²) < 4.78 is 68.6. The molecule has 0 heterocycles. The van der Waals surface area contributed by atoms with Crippen molar-refractivity contribution in [3.05, 3.63) is 0 Å². The Labute approximate surface area is 594 Å². The molecular weight excluding hydrogens is 1270 g/mol. The van der Waals surface area contributed by atoms with E-state index in [1.54, 1.807) is 0 Å². The molecule has 0 bridgehead atoms. The van der Waals surface area contributed by atoms with E-state index in [4.69, 9.17) is 37.0 Å². The van der Waals surface area contributed by atoms with Crippen molar-refractivity contribution in [2.24, 2.45) is 11.8 Å². The van der Waals surface area contributed by atoms with Gasteiger partial charge >= 0.3 is 39.5 Å². The van der Waals surface area contributed by atoms with Gasteiger partial charge < -0.3 is 33.8 Å². The molecule has 0 aliphatic carbocycles. The summed E-state index contributed by atoms with van der Waals surface area (Å²) in [7, 11) is -9.91. The summed E-state index contributed by atoms with van der Waals surface area (Å²) in [6.07, 6.45) is 58.2. The lowest BCUT2D eigenvalue weighted by atomic mass is 10.0. The lowest BCUT2D eigenvalue weighted by Crippen LogP contribution is -2.30. The molecule has 0 fully saturated rings. The van der Waals surface area contributed by atoms with Crippen LogP contribution in [-0.2, 0) is 65.4 Å². The number of carbonyl (C=O) groups excluding carboxylic acids is 4. The molecule has 3 N–H and O–H groups in total. The Balaban J connectivity index is 5.23.